The molecule has 0 aliphatic carbocycles. The van der Waals surface area contributed by atoms with Gasteiger partial charge in [0.2, 0.25) is 0 Å². The number of amides is 1. The number of aliphatic hydroxyl groups excluding tert-OH is 1. The molecule has 0 bridgehead atoms. The van der Waals surface area contributed by atoms with Gasteiger partial charge in [0.25, 0.3) is 5.91 Å². The number of aliphatic hydroxyl groups is 1. The van der Waals surface area contributed by atoms with Gasteiger partial charge in [0.1, 0.15) is 12.4 Å². The number of β-amino-alcohol motifs (C(OH)–C–C–N with tert-alkyl or cyclic N) is 1. The lowest BCUT2D eigenvalue weighted by Crippen LogP contribution is -2.40. The summed E-state index contributed by atoms with van der Waals surface area (Å²) in [5.41, 5.74) is 0.216. The van der Waals surface area contributed by atoms with Crippen LogP contribution in [0.5, 0.6) is 0 Å². The Hall–Kier alpha value is -2.02. The molecule has 1 aromatic rings. The van der Waals surface area contributed by atoms with Crippen molar-refractivity contribution in [2.24, 2.45) is 0 Å². The van der Waals surface area contributed by atoms with Gasteiger partial charge in [0.05, 0.1) is 11.7 Å². The standard InChI is InChI=1S/C10H11N3O4/c14-7-1-8(10(16)17)13(4-7)9(15)6-2-11-5-12-3-6/h2-3,5,7-8,14H,1,4H2,(H,16,17)/t7-,8-/m1/s1. The highest BCUT2D eigenvalue weighted by Crippen LogP contribution is 2.20. The van der Waals surface area contributed by atoms with Crippen LogP contribution in [-0.2, 0) is 4.79 Å². The molecule has 1 aliphatic rings. The second-order valence-corrected chi connectivity index (χ2v) is 3.83. The smallest absolute Gasteiger partial charge is 0.326 e. The lowest BCUT2D eigenvalue weighted by atomic mass is 10.2. The highest BCUT2D eigenvalue weighted by Gasteiger charge is 2.39. The molecule has 2 rings (SSSR count). The number of hydrogen-bond donors (Lipinski definition) is 2. The van der Waals surface area contributed by atoms with E-state index in [-0.39, 0.29) is 18.5 Å². The largest absolute Gasteiger partial charge is 0.480 e. The van der Waals surface area contributed by atoms with E-state index in [1.54, 1.807) is 0 Å². The SMILES string of the molecule is O=C(O)[C@H]1C[C@@H](O)CN1C(=O)c1cncnc1. The molecule has 7 heteroatoms. The second-order valence-electron chi connectivity index (χ2n) is 3.83. The average Bonchev–Trinajstić information content (AvgIpc) is 2.72. The molecule has 7 nitrogen and oxygen atoms in total. The van der Waals surface area contributed by atoms with Gasteiger partial charge in [-0.15, -0.1) is 0 Å². The van der Waals surface area contributed by atoms with Crippen LogP contribution in [-0.4, -0.2) is 55.6 Å². The third-order valence-corrected chi connectivity index (χ3v) is 2.63. The summed E-state index contributed by atoms with van der Waals surface area (Å²) in [6.45, 7) is 0.0185. The lowest BCUT2D eigenvalue weighted by molar-refractivity contribution is -0.141. The van der Waals surface area contributed by atoms with Crippen molar-refractivity contribution < 1.29 is 19.8 Å². The highest BCUT2D eigenvalue weighted by atomic mass is 16.4. The van der Waals surface area contributed by atoms with Gasteiger partial charge in [-0.25, -0.2) is 14.8 Å². The minimum absolute atomic E-state index is 0.0185. The molecule has 0 radical (unpaired) electrons. The first kappa shape index (κ1) is 11.5. The van der Waals surface area contributed by atoms with Crippen LogP contribution in [0.1, 0.15) is 16.8 Å². The molecule has 0 unspecified atom stereocenters. The third kappa shape index (κ3) is 2.23. The van der Waals surface area contributed by atoms with Gasteiger partial charge >= 0.3 is 5.97 Å². The maximum Gasteiger partial charge on any atom is 0.326 e. The van der Waals surface area contributed by atoms with Gasteiger partial charge in [-0.2, -0.15) is 0 Å². The van der Waals surface area contributed by atoms with Crippen LogP contribution in [0.3, 0.4) is 0 Å². The summed E-state index contributed by atoms with van der Waals surface area (Å²) in [4.78, 5) is 31.5. The number of rotatable bonds is 2. The molecular weight excluding hydrogens is 226 g/mol. The number of hydrogen-bond acceptors (Lipinski definition) is 5. The molecule has 1 aromatic heterocycles. The van der Waals surface area contributed by atoms with Crippen molar-refractivity contribution in [3.63, 3.8) is 0 Å². The van der Waals surface area contributed by atoms with Crippen molar-refractivity contribution in [3.8, 4) is 0 Å². The molecule has 90 valence electrons. The van der Waals surface area contributed by atoms with E-state index in [0.717, 1.165) is 4.90 Å². The number of aliphatic carboxylic acids is 1. The minimum atomic E-state index is -1.12. The lowest BCUT2D eigenvalue weighted by Gasteiger charge is -2.20. The van der Waals surface area contributed by atoms with Crippen LogP contribution >= 0.6 is 0 Å². The van der Waals surface area contributed by atoms with Crippen LogP contribution in [0.25, 0.3) is 0 Å². The number of likely N-dealkylation sites (tertiary alicyclic amines) is 1. The minimum Gasteiger partial charge on any atom is -0.480 e. The number of nitrogens with zero attached hydrogens (tertiary/aromatic N) is 3. The molecule has 0 aromatic carbocycles. The van der Waals surface area contributed by atoms with Gasteiger partial charge in [-0.3, -0.25) is 4.79 Å². The Bertz CT molecular complexity index is 436. The Kier molecular flexibility index (Phi) is 3.01. The summed E-state index contributed by atoms with van der Waals surface area (Å²) in [5.74, 6) is -1.60. The van der Waals surface area contributed by atoms with E-state index in [2.05, 4.69) is 9.97 Å². The van der Waals surface area contributed by atoms with E-state index in [1.807, 2.05) is 0 Å². The van der Waals surface area contributed by atoms with Gasteiger partial charge in [0.15, 0.2) is 0 Å². The van der Waals surface area contributed by atoms with Crippen LogP contribution in [0, 0.1) is 0 Å². The van der Waals surface area contributed by atoms with Crippen molar-refractivity contribution in [1.29, 1.82) is 0 Å². The van der Waals surface area contributed by atoms with E-state index >= 15 is 0 Å². The summed E-state index contributed by atoms with van der Waals surface area (Å²) >= 11 is 0. The van der Waals surface area contributed by atoms with E-state index in [0.29, 0.717) is 0 Å². The molecule has 0 spiro atoms. The third-order valence-electron chi connectivity index (χ3n) is 2.63. The van der Waals surface area contributed by atoms with E-state index in [1.165, 1.54) is 18.7 Å². The highest BCUT2D eigenvalue weighted by molar-refractivity contribution is 5.96. The topological polar surface area (TPSA) is 104 Å². The summed E-state index contributed by atoms with van der Waals surface area (Å²) in [7, 11) is 0. The van der Waals surface area contributed by atoms with Crippen LogP contribution in [0.15, 0.2) is 18.7 Å². The summed E-state index contributed by atoms with van der Waals surface area (Å²) < 4.78 is 0. The van der Waals surface area contributed by atoms with Crippen LogP contribution in [0.2, 0.25) is 0 Å². The van der Waals surface area contributed by atoms with Crippen molar-refractivity contribution in [2.45, 2.75) is 18.6 Å². The van der Waals surface area contributed by atoms with Gasteiger partial charge < -0.3 is 15.1 Å². The fourth-order valence-electron chi connectivity index (χ4n) is 1.85. The molecule has 1 amide bonds. The fourth-order valence-corrected chi connectivity index (χ4v) is 1.85. The Morgan fingerprint density at radius 3 is 2.59 bits per heavy atom. The zero-order valence-electron chi connectivity index (χ0n) is 8.85. The van der Waals surface area contributed by atoms with Crippen LogP contribution < -0.4 is 0 Å². The number of carboxylic acid groups (broad SMARTS) is 1. The van der Waals surface area contributed by atoms with Gasteiger partial charge in [-0.05, 0) is 0 Å². The van der Waals surface area contributed by atoms with E-state index < -0.39 is 24.0 Å². The first-order valence-electron chi connectivity index (χ1n) is 5.06. The van der Waals surface area contributed by atoms with Crippen molar-refractivity contribution in [2.75, 3.05) is 6.54 Å². The van der Waals surface area contributed by atoms with Gasteiger partial charge in [0, 0.05) is 25.4 Å². The Morgan fingerprint density at radius 1 is 1.35 bits per heavy atom. The molecule has 1 fully saturated rings. The molecule has 2 atom stereocenters. The van der Waals surface area contributed by atoms with Crippen LogP contribution in [0.4, 0.5) is 0 Å². The van der Waals surface area contributed by atoms with E-state index in [4.69, 9.17) is 5.11 Å². The Labute approximate surface area is 96.7 Å². The molecule has 1 aliphatic heterocycles. The second kappa shape index (κ2) is 4.46. The average molecular weight is 237 g/mol. The predicted octanol–water partition coefficient (Wildman–Crippen LogP) is -0.863. The maximum absolute atomic E-state index is 12.0. The monoisotopic (exact) mass is 237 g/mol. The normalized spacial score (nSPS) is 23.7. The Balaban J connectivity index is 2.22. The van der Waals surface area contributed by atoms with Crippen molar-refractivity contribution >= 4 is 11.9 Å². The van der Waals surface area contributed by atoms with Crippen molar-refractivity contribution in [1.82, 2.24) is 14.9 Å². The Morgan fingerprint density at radius 2 is 2.00 bits per heavy atom. The molecular formula is C10H11N3O4. The quantitative estimate of drug-likeness (QED) is 0.693. The predicted molar refractivity (Wildman–Crippen MR) is 55.1 cm³/mol. The zero-order valence-corrected chi connectivity index (χ0v) is 8.85. The van der Waals surface area contributed by atoms with Crippen molar-refractivity contribution in [3.05, 3.63) is 24.3 Å². The molecule has 17 heavy (non-hydrogen) atoms. The van der Waals surface area contributed by atoms with E-state index in [9.17, 15) is 14.7 Å². The summed E-state index contributed by atoms with van der Waals surface area (Å²) in [5, 5.41) is 18.4. The number of carboxylic acids is 1. The van der Waals surface area contributed by atoms with Gasteiger partial charge in [-0.1, -0.05) is 0 Å². The molecule has 1 saturated heterocycles. The first-order valence-corrected chi connectivity index (χ1v) is 5.06. The maximum atomic E-state index is 12.0. The summed E-state index contributed by atoms with van der Waals surface area (Å²) in [6, 6.07) is -0.988. The molecule has 2 N–H and O–H groups in total. The molecule has 0 saturated carbocycles. The number of carbonyl (C=O) groups excluding carboxylic acids is 1. The zero-order chi connectivity index (χ0) is 12.4. The first-order chi connectivity index (χ1) is 8.09. The number of carbonyl (C=O) groups is 2. The summed E-state index contributed by atoms with van der Waals surface area (Å²) in [6.07, 6.45) is 3.17. The fraction of sp³-hybridized carbons (Fsp3) is 0.400. The number of aromatic nitrogens is 2. The molecule has 2 heterocycles.